The van der Waals surface area contributed by atoms with Crippen LogP contribution in [0.1, 0.15) is 48.5 Å². The van der Waals surface area contributed by atoms with Gasteiger partial charge in [0.05, 0.1) is 18.4 Å². The molecule has 0 saturated heterocycles. The molecule has 0 heterocycles. The number of rotatable bonds is 5. The lowest BCUT2D eigenvalue weighted by Gasteiger charge is -2.26. The van der Waals surface area contributed by atoms with Crippen LogP contribution >= 0.6 is 11.8 Å². The Morgan fingerprint density at radius 2 is 2.20 bits per heavy atom. The summed E-state index contributed by atoms with van der Waals surface area (Å²) in [5.74, 6) is 2.26. The van der Waals surface area contributed by atoms with Crippen LogP contribution in [0, 0.1) is 12.8 Å². The van der Waals surface area contributed by atoms with Crippen LogP contribution in [0.25, 0.3) is 0 Å². The van der Waals surface area contributed by atoms with Crippen molar-refractivity contribution < 1.29 is 9.53 Å². The van der Waals surface area contributed by atoms with E-state index < -0.39 is 0 Å². The van der Waals surface area contributed by atoms with Crippen LogP contribution in [0.4, 0.5) is 0 Å². The van der Waals surface area contributed by atoms with Crippen molar-refractivity contribution in [2.24, 2.45) is 5.92 Å². The fourth-order valence-electron chi connectivity index (χ4n) is 2.83. The normalized spacial score (nSPS) is 22.6. The number of methoxy groups -OCH3 is 1. The van der Waals surface area contributed by atoms with Crippen molar-refractivity contribution in [1.82, 2.24) is 0 Å². The number of thioether (sulfide) groups is 1. The molecule has 0 bridgehead atoms. The molecular weight excluding hydrogens is 268 g/mol. The van der Waals surface area contributed by atoms with E-state index in [2.05, 4.69) is 6.92 Å². The smallest absolute Gasteiger partial charge is 0.176 e. The lowest BCUT2D eigenvalue weighted by atomic mass is 9.91. The number of carbonyl (C=O) groups is 1. The molecule has 1 fully saturated rings. The maximum absolute atomic E-state index is 12.4. The van der Waals surface area contributed by atoms with E-state index in [0.29, 0.717) is 16.8 Å². The molecule has 20 heavy (non-hydrogen) atoms. The molecule has 0 aliphatic heterocycles. The third-order valence-electron chi connectivity index (χ3n) is 4.00. The van der Waals surface area contributed by atoms with Crippen molar-refractivity contribution in [2.75, 3.05) is 12.9 Å². The first-order chi connectivity index (χ1) is 9.60. The van der Waals surface area contributed by atoms with Crippen molar-refractivity contribution in [2.45, 2.75) is 44.8 Å². The number of Topliss-reactive ketones (excluding diaryl/α,β-unsaturated/α-hetero) is 1. The number of carbonyl (C=O) groups excluding carboxylic acids is 1. The molecule has 2 atom stereocenters. The standard InChI is InChI=1S/C17H24O2S/c1-12-5-4-6-14(9-12)20-11-16(18)15-8-7-13(2)10-17(15)19-3/h7-8,10,12,14H,4-6,9,11H2,1-3H3. The van der Waals surface area contributed by atoms with E-state index in [4.69, 9.17) is 4.74 Å². The highest BCUT2D eigenvalue weighted by Gasteiger charge is 2.21. The van der Waals surface area contributed by atoms with Crippen LogP contribution in [0.2, 0.25) is 0 Å². The highest BCUT2D eigenvalue weighted by molar-refractivity contribution is 8.00. The van der Waals surface area contributed by atoms with Crippen molar-refractivity contribution >= 4 is 17.5 Å². The van der Waals surface area contributed by atoms with Crippen molar-refractivity contribution in [1.29, 1.82) is 0 Å². The van der Waals surface area contributed by atoms with Crippen LogP contribution in [0.5, 0.6) is 5.75 Å². The van der Waals surface area contributed by atoms with Gasteiger partial charge in [-0.15, -0.1) is 0 Å². The monoisotopic (exact) mass is 292 g/mol. The second-order valence-corrected chi connectivity index (χ2v) is 7.12. The summed E-state index contributed by atoms with van der Waals surface area (Å²) in [5, 5.41) is 0.652. The van der Waals surface area contributed by atoms with E-state index in [1.165, 1.54) is 25.7 Å². The summed E-state index contributed by atoms with van der Waals surface area (Å²) < 4.78 is 5.33. The molecule has 1 aliphatic rings. The van der Waals surface area contributed by atoms with Crippen LogP contribution in [-0.4, -0.2) is 23.9 Å². The first-order valence-corrected chi connectivity index (χ1v) is 8.44. The van der Waals surface area contributed by atoms with Gasteiger partial charge in [-0.25, -0.2) is 0 Å². The summed E-state index contributed by atoms with van der Waals surface area (Å²) in [6, 6.07) is 5.80. The fourth-order valence-corrected chi connectivity index (χ4v) is 4.17. The molecule has 3 heteroatoms. The Kier molecular flexibility index (Phi) is 5.53. The number of ether oxygens (including phenoxy) is 1. The average Bonchev–Trinajstić information content (AvgIpc) is 2.44. The zero-order chi connectivity index (χ0) is 14.5. The molecule has 0 spiro atoms. The molecule has 0 amide bonds. The second-order valence-electron chi connectivity index (χ2n) is 5.83. The lowest BCUT2D eigenvalue weighted by Crippen LogP contribution is -2.17. The van der Waals surface area contributed by atoms with E-state index in [1.54, 1.807) is 7.11 Å². The highest BCUT2D eigenvalue weighted by atomic mass is 32.2. The second kappa shape index (κ2) is 7.16. The minimum absolute atomic E-state index is 0.185. The van der Waals surface area contributed by atoms with E-state index in [0.717, 1.165) is 17.0 Å². The Hall–Kier alpha value is -0.960. The maximum atomic E-state index is 12.4. The van der Waals surface area contributed by atoms with Gasteiger partial charge in [-0.3, -0.25) is 4.79 Å². The zero-order valence-corrected chi connectivity index (χ0v) is 13.5. The summed E-state index contributed by atoms with van der Waals surface area (Å²) >= 11 is 1.82. The van der Waals surface area contributed by atoms with Crippen LogP contribution in [0.3, 0.4) is 0 Å². The van der Waals surface area contributed by atoms with Gasteiger partial charge in [-0.2, -0.15) is 11.8 Å². The van der Waals surface area contributed by atoms with Gasteiger partial charge < -0.3 is 4.74 Å². The summed E-state index contributed by atoms with van der Waals surface area (Å²) in [4.78, 5) is 12.4. The average molecular weight is 292 g/mol. The quantitative estimate of drug-likeness (QED) is 0.748. The van der Waals surface area contributed by atoms with Gasteiger partial charge in [0.2, 0.25) is 0 Å². The minimum Gasteiger partial charge on any atom is -0.496 e. The van der Waals surface area contributed by atoms with Crippen molar-refractivity contribution in [3.63, 3.8) is 0 Å². The Morgan fingerprint density at radius 3 is 2.90 bits per heavy atom. The first kappa shape index (κ1) is 15.4. The fraction of sp³-hybridized carbons (Fsp3) is 0.588. The summed E-state index contributed by atoms with van der Waals surface area (Å²) in [6.45, 7) is 4.33. The number of benzene rings is 1. The molecule has 0 radical (unpaired) electrons. The summed E-state index contributed by atoms with van der Waals surface area (Å²) in [5.41, 5.74) is 1.83. The predicted octanol–water partition coefficient (Wildman–Crippen LogP) is 4.50. The van der Waals surface area contributed by atoms with Crippen LogP contribution < -0.4 is 4.74 Å². The van der Waals surface area contributed by atoms with Gasteiger partial charge in [-0.1, -0.05) is 25.8 Å². The van der Waals surface area contributed by atoms with E-state index in [9.17, 15) is 4.79 Å². The number of hydrogen-bond donors (Lipinski definition) is 0. The van der Waals surface area contributed by atoms with Crippen molar-refractivity contribution in [3.8, 4) is 5.75 Å². The molecule has 1 saturated carbocycles. The molecule has 0 aromatic heterocycles. The van der Waals surface area contributed by atoms with Gasteiger partial charge in [0.15, 0.2) is 5.78 Å². The molecule has 1 aromatic rings. The largest absolute Gasteiger partial charge is 0.496 e. The van der Waals surface area contributed by atoms with Gasteiger partial charge >= 0.3 is 0 Å². The van der Waals surface area contributed by atoms with Gasteiger partial charge in [0.1, 0.15) is 5.75 Å². The lowest BCUT2D eigenvalue weighted by molar-refractivity contribution is 0.101. The maximum Gasteiger partial charge on any atom is 0.176 e. The Morgan fingerprint density at radius 1 is 1.40 bits per heavy atom. The molecule has 1 aliphatic carbocycles. The van der Waals surface area contributed by atoms with E-state index in [1.807, 2.05) is 36.9 Å². The molecule has 2 rings (SSSR count). The number of hydrogen-bond acceptors (Lipinski definition) is 3. The van der Waals surface area contributed by atoms with Crippen LogP contribution in [-0.2, 0) is 0 Å². The van der Waals surface area contributed by atoms with E-state index >= 15 is 0 Å². The van der Waals surface area contributed by atoms with Crippen LogP contribution in [0.15, 0.2) is 18.2 Å². The minimum atomic E-state index is 0.185. The first-order valence-electron chi connectivity index (χ1n) is 7.39. The Labute approximate surface area is 126 Å². The molecule has 2 unspecified atom stereocenters. The summed E-state index contributed by atoms with van der Waals surface area (Å²) in [6.07, 6.45) is 5.16. The third kappa shape index (κ3) is 4.02. The third-order valence-corrected chi connectivity index (χ3v) is 5.32. The van der Waals surface area contributed by atoms with Gasteiger partial charge in [0.25, 0.3) is 0 Å². The molecule has 1 aromatic carbocycles. The highest BCUT2D eigenvalue weighted by Crippen LogP contribution is 2.32. The van der Waals surface area contributed by atoms with E-state index in [-0.39, 0.29) is 5.78 Å². The van der Waals surface area contributed by atoms with Gasteiger partial charge in [0, 0.05) is 5.25 Å². The Bertz CT molecular complexity index is 470. The van der Waals surface area contributed by atoms with Gasteiger partial charge in [-0.05, 0) is 43.4 Å². The SMILES string of the molecule is COc1cc(C)ccc1C(=O)CSC1CCCC(C)C1. The molecule has 0 N–H and O–H groups in total. The number of aryl methyl sites for hydroxylation is 1. The number of ketones is 1. The molecular formula is C17H24O2S. The zero-order valence-electron chi connectivity index (χ0n) is 12.6. The molecule has 2 nitrogen and oxygen atoms in total. The Balaban J connectivity index is 1.94. The topological polar surface area (TPSA) is 26.3 Å². The predicted molar refractivity (Wildman–Crippen MR) is 85.9 cm³/mol. The summed E-state index contributed by atoms with van der Waals surface area (Å²) in [7, 11) is 1.63. The molecule has 110 valence electrons. The van der Waals surface area contributed by atoms with Crippen molar-refractivity contribution in [3.05, 3.63) is 29.3 Å².